The summed E-state index contributed by atoms with van der Waals surface area (Å²) in [5.41, 5.74) is 2.17. The van der Waals surface area contributed by atoms with Crippen molar-refractivity contribution in [2.24, 2.45) is 9.98 Å². The third-order valence-electron chi connectivity index (χ3n) is 4.46. The number of hydrogen-bond acceptors (Lipinski definition) is 8. The maximum atomic E-state index is 11.7. The van der Waals surface area contributed by atoms with Gasteiger partial charge in [0.25, 0.3) is 0 Å². The Hall–Kier alpha value is -4.46. The van der Waals surface area contributed by atoms with Crippen molar-refractivity contribution in [1.82, 2.24) is 0 Å². The van der Waals surface area contributed by atoms with Crippen LogP contribution >= 0.6 is 0 Å². The minimum absolute atomic E-state index is 0.0491. The molecule has 0 bridgehead atoms. The molecule has 3 aromatic rings. The summed E-state index contributed by atoms with van der Waals surface area (Å²) >= 11 is 0. The summed E-state index contributed by atoms with van der Waals surface area (Å²) in [6.45, 7) is 0. The number of esters is 2. The van der Waals surface area contributed by atoms with E-state index in [-0.39, 0.29) is 22.6 Å². The summed E-state index contributed by atoms with van der Waals surface area (Å²) in [6, 6.07) is 15.6. The number of benzene rings is 3. The highest BCUT2D eigenvalue weighted by molar-refractivity contribution is 5.96. The Morgan fingerprint density at radius 3 is 1.50 bits per heavy atom. The number of aliphatic imine (C=N–C) groups is 2. The molecular formula is C24H20N2O6. The highest BCUT2D eigenvalue weighted by Gasteiger charge is 2.10. The second-order valence-corrected chi connectivity index (χ2v) is 6.54. The molecule has 8 heteroatoms. The molecule has 0 aliphatic heterocycles. The molecule has 162 valence electrons. The summed E-state index contributed by atoms with van der Waals surface area (Å²) in [4.78, 5) is 32.2. The lowest BCUT2D eigenvalue weighted by Crippen LogP contribution is -2.01. The summed E-state index contributed by atoms with van der Waals surface area (Å²) in [5, 5.41) is 20.1. The monoisotopic (exact) mass is 432 g/mol. The number of carbonyl (C=O) groups is 2. The Kier molecular flexibility index (Phi) is 6.97. The van der Waals surface area contributed by atoms with Crippen molar-refractivity contribution in [3.63, 3.8) is 0 Å². The molecule has 0 spiro atoms. The van der Waals surface area contributed by atoms with Crippen LogP contribution in [0.15, 0.2) is 70.6 Å². The third-order valence-corrected chi connectivity index (χ3v) is 4.46. The van der Waals surface area contributed by atoms with Gasteiger partial charge in [-0.25, -0.2) is 9.59 Å². The fourth-order valence-electron chi connectivity index (χ4n) is 2.77. The lowest BCUT2D eigenvalue weighted by molar-refractivity contribution is 0.0591. The molecule has 0 fully saturated rings. The molecule has 32 heavy (non-hydrogen) atoms. The lowest BCUT2D eigenvalue weighted by atomic mass is 10.1. The van der Waals surface area contributed by atoms with Gasteiger partial charge in [0.1, 0.15) is 11.5 Å². The molecule has 0 aliphatic rings. The number of phenols is 2. The van der Waals surface area contributed by atoms with Crippen molar-refractivity contribution in [2.45, 2.75) is 0 Å². The van der Waals surface area contributed by atoms with E-state index in [0.717, 1.165) is 0 Å². The van der Waals surface area contributed by atoms with E-state index < -0.39 is 11.9 Å². The zero-order chi connectivity index (χ0) is 23.1. The van der Waals surface area contributed by atoms with E-state index in [9.17, 15) is 19.8 Å². The van der Waals surface area contributed by atoms with Gasteiger partial charge in [0.15, 0.2) is 0 Å². The van der Waals surface area contributed by atoms with Crippen molar-refractivity contribution in [2.75, 3.05) is 14.2 Å². The smallest absolute Gasteiger partial charge is 0.337 e. The highest BCUT2D eigenvalue weighted by atomic mass is 16.5. The van der Waals surface area contributed by atoms with Gasteiger partial charge in [-0.3, -0.25) is 9.98 Å². The van der Waals surface area contributed by atoms with E-state index in [1.165, 1.54) is 63.0 Å². The standard InChI is InChI=1S/C24H20N2O6/c1-31-23(29)15-7-9-21(27)17(11-15)13-25-19-5-3-4-6-20(19)26-14-18-12-16(24(30)32-2)8-10-22(18)28/h3-14,27-28H,1-2H3. The molecule has 0 saturated carbocycles. The van der Waals surface area contributed by atoms with Crippen molar-refractivity contribution in [3.8, 4) is 11.5 Å². The van der Waals surface area contributed by atoms with Crippen LogP contribution in [0.5, 0.6) is 11.5 Å². The second-order valence-electron chi connectivity index (χ2n) is 6.54. The van der Waals surface area contributed by atoms with Crippen molar-refractivity contribution >= 4 is 35.7 Å². The van der Waals surface area contributed by atoms with Crippen LogP contribution in [0.3, 0.4) is 0 Å². The van der Waals surface area contributed by atoms with Crippen LogP contribution < -0.4 is 0 Å². The first-order valence-corrected chi connectivity index (χ1v) is 9.42. The lowest BCUT2D eigenvalue weighted by Gasteiger charge is -2.05. The van der Waals surface area contributed by atoms with E-state index in [4.69, 9.17) is 9.47 Å². The normalized spacial score (nSPS) is 11.1. The van der Waals surface area contributed by atoms with Crippen LogP contribution in [-0.2, 0) is 9.47 Å². The molecule has 0 amide bonds. The average Bonchev–Trinajstić information content (AvgIpc) is 2.82. The van der Waals surface area contributed by atoms with Crippen LogP contribution in [0.1, 0.15) is 31.8 Å². The number of rotatable bonds is 6. The number of nitrogens with zero attached hydrogens (tertiary/aromatic N) is 2. The van der Waals surface area contributed by atoms with Gasteiger partial charge in [-0.1, -0.05) is 12.1 Å². The number of methoxy groups -OCH3 is 2. The SMILES string of the molecule is COC(=O)c1ccc(O)c(C=Nc2ccccc2N=Cc2cc(C(=O)OC)ccc2O)c1. The predicted octanol–water partition coefficient (Wildman–Crippen LogP) is 4.17. The molecule has 0 aliphatic carbocycles. The van der Waals surface area contributed by atoms with E-state index in [2.05, 4.69) is 9.98 Å². The largest absolute Gasteiger partial charge is 0.507 e. The van der Waals surface area contributed by atoms with Gasteiger partial charge < -0.3 is 19.7 Å². The van der Waals surface area contributed by atoms with Crippen LogP contribution in [-0.4, -0.2) is 48.8 Å². The number of hydrogen-bond donors (Lipinski definition) is 2. The molecule has 0 radical (unpaired) electrons. The third kappa shape index (κ3) is 5.17. The molecule has 2 N–H and O–H groups in total. The summed E-state index contributed by atoms with van der Waals surface area (Å²) in [5.74, 6) is -1.16. The van der Waals surface area contributed by atoms with Gasteiger partial charge in [-0.15, -0.1) is 0 Å². The predicted molar refractivity (Wildman–Crippen MR) is 120 cm³/mol. The maximum Gasteiger partial charge on any atom is 0.337 e. The molecule has 0 unspecified atom stereocenters. The van der Waals surface area contributed by atoms with Gasteiger partial charge in [-0.2, -0.15) is 0 Å². The van der Waals surface area contributed by atoms with Gasteiger partial charge in [0.05, 0.1) is 36.7 Å². The van der Waals surface area contributed by atoms with E-state index in [1.807, 2.05) is 0 Å². The fraction of sp³-hybridized carbons (Fsp3) is 0.0833. The number of phenolic OH excluding ortho intramolecular Hbond substituents is 2. The van der Waals surface area contributed by atoms with Crippen LogP contribution in [0, 0.1) is 0 Å². The Balaban J connectivity index is 1.91. The molecule has 3 rings (SSSR count). The zero-order valence-corrected chi connectivity index (χ0v) is 17.4. The first kappa shape index (κ1) is 22.2. The first-order valence-electron chi connectivity index (χ1n) is 9.42. The summed E-state index contributed by atoms with van der Waals surface area (Å²) in [7, 11) is 2.55. The molecule has 0 heterocycles. The first-order chi connectivity index (χ1) is 15.4. The Bertz CT molecular complexity index is 1120. The quantitative estimate of drug-likeness (QED) is 0.446. The minimum atomic E-state index is -0.529. The second kappa shape index (κ2) is 10.0. The van der Waals surface area contributed by atoms with E-state index in [0.29, 0.717) is 22.5 Å². The van der Waals surface area contributed by atoms with Crippen molar-refractivity contribution in [3.05, 3.63) is 82.9 Å². The van der Waals surface area contributed by atoms with E-state index >= 15 is 0 Å². The number of ether oxygens (including phenoxy) is 2. The molecule has 3 aromatic carbocycles. The Morgan fingerprint density at radius 1 is 0.719 bits per heavy atom. The Labute approximate surface area is 184 Å². The van der Waals surface area contributed by atoms with Gasteiger partial charge >= 0.3 is 11.9 Å². The summed E-state index contributed by atoms with van der Waals surface area (Å²) in [6.07, 6.45) is 2.82. The van der Waals surface area contributed by atoms with Crippen molar-refractivity contribution < 1.29 is 29.3 Å². The average molecular weight is 432 g/mol. The Morgan fingerprint density at radius 2 is 1.12 bits per heavy atom. The minimum Gasteiger partial charge on any atom is -0.507 e. The van der Waals surface area contributed by atoms with Gasteiger partial charge in [0, 0.05) is 23.6 Å². The number of carbonyl (C=O) groups excluding carboxylic acids is 2. The summed E-state index contributed by atoms with van der Waals surface area (Å²) < 4.78 is 9.39. The molecule has 0 saturated heterocycles. The van der Waals surface area contributed by atoms with Crippen LogP contribution in [0.4, 0.5) is 11.4 Å². The fourth-order valence-corrected chi connectivity index (χ4v) is 2.77. The van der Waals surface area contributed by atoms with Crippen molar-refractivity contribution in [1.29, 1.82) is 0 Å². The maximum absolute atomic E-state index is 11.7. The zero-order valence-electron chi connectivity index (χ0n) is 17.4. The molecule has 8 nitrogen and oxygen atoms in total. The number of para-hydroxylation sites is 2. The van der Waals surface area contributed by atoms with Gasteiger partial charge in [-0.05, 0) is 48.5 Å². The van der Waals surface area contributed by atoms with E-state index in [1.54, 1.807) is 24.3 Å². The van der Waals surface area contributed by atoms with Crippen LogP contribution in [0.2, 0.25) is 0 Å². The van der Waals surface area contributed by atoms with Crippen LogP contribution in [0.25, 0.3) is 0 Å². The topological polar surface area (TPSA) is 118 Å². The molecule has 0 aromatic heterocycles. The number of aromatic hydroxyl groups is 2. The van der Waals surface area contributed by atoms with Gasteiger partial charge in [0.2, 0.25) is 0 Å². The molecular weight excluding hydrogens is 412 g/mol. The molecule has 0 atom stereocenters. The highest BCUT2D eigenvalue weighted by Crippen LogP contribution is 2.28.